The second-order valence-corrected chi connectivity index (χ2v) is 4.08. The second kappa shape index (κ2) is 6.19. The van der Waals surface area contributed by atoms with Gasteiger partial charge in [-0.2, -0.15) is 0 Å². The van der Waals surface area contributed by atoms with Gasteiger partial charge < -0.3 is 15.2 Å². The quantitative estimate of drug-likeness (QED) is 0.846. The van der Waals surface area contributed by atoms with Crippen molar-refractivity contribution in [1.82, 2.24) is 14.9 Å². The van der Waals surface area contributed by atoms with Crippen LogP contribution < -0.4 is 10.6 Å². The van der Waals surface area contributed by atoms with Gasteiger partial charge >= 0.3 is 6.03 Å². The summed E-state index contributed by atoms with van der Waals surface area (Å²) in [5.74, 6) is -0.220. The summed E-state index contributed by atoms with van der Waals surface area (Å²) in [6.45, 7) is 0.322. The largest absolute Gasteiger partial charge is 0.337 e. The zero-order valence-corrected chi connectivity index (χ0v) is 10.7. The number of halogens is 2. The third-order valence-electron chi connectivity index (χ3n) is 2.38. The molecule has 1 heterocycles. The number of nitrogens with one attached hydrogen (secondary N) is 2. The van der Waals surface area contributed by atoms with E-state index in [1.807, 2.05) is 0 Å². The van der Waals surface area contributed by atoms with Crippen molar-refractivity contribution in [3.63, 3.8) is 0 Å². The lowest BCUT2D eigenvalue weighted by molar-refractivity contribution is 0.252. The molecular weight excluding hydrogens is 271 g/mol. The van der Waals surface area contributed by atoms with E-state index >= 15 is 0 Å². The average Bonchev–Trinajstić information content (AvgIpc) is 2.92. The Kier molecular flexibility index (Phi) is 4.35. The molecule has 100 valence electrons. The number of rotatable bonds is 4. The molecule has 0 saturated heterocycles. The highest BCUT2D eigenvalue weighted by Crippen LogP contribution is 2.18. The summed E-state index contributed by atoms with van der Waals surface area (Å²) in [4.78, 5) is 15.3. The predicted octanol–water partition coefficient (Wildman–Crippen LogP) is 2.37. The highest BCUT2D eigenvalue weighted by Gasteiger charge is 2.07. The van der Waals surface area contributed by atoms with Crippen molar-refractivity contribution in [3.8, 4) is 5.69 Å². The number of benzene rings is 1. The molecule has 0 unspecified atom stereocenters. The zero-order chi connectivity index (χ0) is 13.7. The van der Waals surface area contributed by atoms with Gasteiger partial charge in [0.05, 0.1) is 12.0 Å². The van der Waals surface area contributed by atoms with Crippen LogP contribution in [0.25, 0.3) is 5.69 Å². The van der Waals surface area contributed by atoms with Gasteiger partial charge in [0.15, 0.2) is 0 Å². The van der Waals surface area contributed by atoms with Gasteiger partial charge in [-0.3, -0.25) is 0 Å². The Bertz CT molecular complexity index is 559. The SMILES string of the molecule is O=C(NCCCl)Nc1ccc(-n2ccnc2)cc1F. The van der Waals surface area contributed by atoms with Crippen molar-refractivity contribution >= 4 is 23.3 Å². The number of amides is 2. The van der Waals surface area contributed by atoms with E-state index in [1.165, 1.54) is 12.1 Å². The minimum atomic E-state index is -0.521. The molecule has 0 saturated carbocycles. The highest BCUT2D eigenvalue weighted by molar-refractivity contribution is 6.18. The van der Waals surface area contributed by atoms with E-state index in [0.717, 1.165) is 0 Å². The number of hydrogen-bond donors (Lipinski definition) is 2. The van der Waals surface area contributed by atoms with Gasteiger partial charge in [-0.1, -0.05) is 0 Å². The van der Waals surface area contributed by atoms with E-state index in [9.17, 15) is 9.18 Å². The summed E-state index contributed by atoms with van der Waals surface area (Å²) in [5.41, 5.74) is 0.734. The fraction of sp³-hybridized carbons (Fsp3) is 0.167. The first-order valence-electron chi connectivity index (χ1n) is 5.59. The van der Waals surface area contributed by atoms with Gasteiger partial charge in [0, 0.05) is 36.6 Å². The molecule has 0 fully saturated rings. The topological polar surface area (TPSA) is 59.0 Å². The number of nitrogens with zero attached hydrogens (tertiary/aromatic N) is 2. The zero-order valence-electron chi connectivity index (χ0n) is 9.94. The van der Waals surface area contributed by atoms with Gasteiger partial charge in [0.1, 0.15) is 5.82 Å². The second-order valence-electron chi connectivity index (χ2n) is 3.70. The average molecular weight is 283 g/mol. The lowest BCUT2D eigenvalue weighted by atomic mass is 10.2. The molecule has 0 radical (unpaired) electrons. The molecule has 0 spiro atoms. The predicted molar refractivity (Wildman–Crippen MR) is 71.3 cm³/mol. The Morgan fingerprint density at radius 1 is 1.47 bits per heavy atom. The van der Waals surface area contributed by atoms with Gasteiger partial charge in [-0.15, -0.1) is 11.6 Å². The van der Waals surface area contributed by atoms with E-state index < -0.39 is 11.8 Å². The minimum absolute atomic E-state index is 0.107. The van der Waals surface area contributed by atoms with E-state index in [2.05, 4.69) is 15.6 Å². The van der Waals surface area contributed by atoms with Crippen LogP contribution in [-0.2, 0) is 0 Å². The van der Waals surface area contributed by atoms with Crippen LogP contribution in [0.4, 0.5) is 14.9 Å². The van der Waals surface area contributed by atoms with Gasteiger partial charge in [-0.25, -0.2) is 14.2 Å². The number of alkyl halides is 1. The highest BCUT2D eigenvalue weighted by atomic mass is 35.5. The molecule has 0 aliphatic heterocycles. The van der Waals surface area contributed by atoms with Crippen molar-refractivity contribution < 1.29 is 9.18 Å². The Hall–Kier alpha value is -2.08. The van der Waals surface area contributed by atoms with Crippen molar-refractivity contribution in [3.05, 3.63) is 42.7 Å². The minimum Gasteiger partial charge on any atom is -0.337 e. The summed E-state index contributed by atoms with van der Waals surface area (Å²) >= 11 is 5.43. The van der Waals surface area contributed by atoms with Crippen molar-refractivity contribution in [1.29, 1.82) is 0 Å². The Morgan fingerprint density at radius 2 is 2.32 bits per heavy atom. The van der Waals surface area contributed by atoms with E-state index in [0.29, 0.717) is 18.1 Å². The van der Waals surface area contributed by atoms with Crippen LogP contribution in [0.3, 0.4) is 0 Å². The Balaban J connectivity index is 2.09. The summed E-state index contributed by atoms with van der Waals surface area (Å²) in [6, 6.07) is 4.00. The fourth-order valence-corrected chi connectivity index (χ4v) is 1.60. The maximum Gasteiger partial charge on any atom is 0.319 e. The molecule has 0 atom stereocenters. The van der Waals surface area contributed by atoms with Crippen LogP contribution in [0.1, 0.15) is 0 Å². The standard InChI is InChI=1S/C12H12ClFN4O/c13-3-4-16-12(19)17-11-2-1-9(7-10(11)14)18-6-5-15-8-18/h1-2,5-8H,3-4H2,(H2,16,17,19). The molecule has 2 aromatic rings. The first kappa shape index (κ1) is 13.4. The number of anilines is 1. The normalized spacial score (nSPS) is 10.2. The van der Waals surface area contributed by atoms with Gasteiger partial charge in [-0.05, 0) is 12.1 Å². The number of aromatic nitrogens is 2. The molecule has 0 aliphatic rings. The van der Waals surface area contributed by atoms with E-state index in [4.69, 9.17) is 11.6 Å². The Labute approximate surface area is 114 Å². The van der Waals surface area contributed by atoms with E-state index in [-0.39, 0.29) is 5.69 Å². The van der Waals surface area contributed by atoms with Crippen molar-refractivity contribution in [2.75, 3.05) is 17.7 Å². The van der Waals surface area contributed by atoms with Crippen LogP contribution in [0, 0.1) is 5.82 Å². The number of urea groups is 1. The van der Waals surface area contributed by atoms with Crippen LogP contribution in [0.5, 0.6) is 0 Å². The lowest BCUT2D eigenvalue weighted by Gasteiger charge is -2.09. The number of imidazole rings is 1. The van der Waals surface area contributed by atoms with Gasteiger partial charge in [0.2, 0.25) is 0 Å². The number of carbonyl (C=O) groups excluding carboxylic acids is 1. The molecule has 7 heteroatoms. The maximum absolute atomic E-state index is 13.8. The molecular formula is C12H12ClFN4O. The molecule has 0 bridgehead atoms. The molecule has 2 rings (SSSR count). The molecule has 5 nitrogen and oxygen atoms in total. The monoisotopic (exact) mass is 282 g/mol. The van der Waals surface area contributed by atoms with Gasteiger partial charge in [0.25, 0.3) is 0 Å². The first-order valence-corrected chi connectivity index (χ1v) is 6.13. The van der Waals surface area contributed by atoms with Crippen molar-refractivity contribution in [2.24, 2.45) is 0 Å². The molecule has 2 amide bonds. The smallest absolute Gasteiger partial charge is 0.319 e. The molecule has 1 aromatic heterocycles. The van der Waals surface area contributed by atoms with Crippen LogP contribution in [0.2, 0.25) is 0 Å². The fourth-order valence-electron chi connectivity index (χ4n) is 1.51. The van der Waals surface area contributed by atoms with Crippen LogP contribution >= 0.6 is 11.6 Å². The van der Waals surface area contributed by atoms with Crippen molar-refractivity contribution in [2.45, 2.75) is 0 Å². The van der Waals surface area contributed by atoms with Crippen LogP contribution in [-0.4, -0.2) is 28.0 Å². The molecule has 0 aliphatic carbocycles. The summed E-state index contributed by atoms with van der Waals surface area (Å²) in [6.07, 6.45) is 4.87. The Morgan fingerprint density at radius 3 is 2.95 bits per heavy atom. The maximum atomic E-state index is 13.8. The third-order valence-corrected chi connectivity index (χ3v) is 2.57. The summed E-state index contributed by atoms with van der Waals surface area (Å²) in [7, 11) is 0. The molecule has 2 N–H and O–H groups in total. The molecule has 19 heavy (non-hydrogen) atoms. The molecule has 1 aromatic carbocycles. The summed E-state index contributed by atoms with van der Waals surface area (Å²) in [5, 5.41) is 4.90. The first-order chi connectivity index (χ1) is 9.20. The lowest BCUT2D eigenvalue weighted by Crippen LogP contribution is -2.30. The number of hydrogen-bond acceptors (Lipinski definition) is 2. The van der Waals surface area contributed by atoms with Crippen LogP contribution in [0.15, 0.2) is 36.9 Å². The number of carbonyl (C=O) groups is 1. The third kappa shape index (κ3) is 3.45. The van der Waals surface area contributed by atoms with E-state index in [1.54, 1.807) is 29.4 Å². The summed E-state index contributed by atoms with van der Waals surface area (Å²) < 4.78 is 15.5.